The number of hydrogen-bond donors (Lipinski definition) is 2. The number of hydrogen-bond acceptors (Lipinski definition) is 4. The van der Waals surface area contributed by atoms with Gasteiger partial charge >= 0.3 is 0 Å². The van der Waals surface area contributed by atoms with Crippen molar-refractivity contribution in [1.82, 2.24) is 15.5 Å². The molecule has 2 aliphatic rings. The molecule has 2 fully saturated rings. The van der Waals surface area contributed by atoms with Gasteiger partial charge in [-0.2, -0.15) is 11.8 Å². The maximum Gasteiger partial charge on any atom is 0.191 e. The Morgan fingerprint density at radius 1 is 1.29 bits per heavy atom. The van der Waals surface area contributed by atoms with E-state index < -0.39 is 0 Å². The van der Waals surface area contributed by atoms with Crippen LogP contribution in [-0.4, -0.2) is 67.8 Å². The van der Waals surface area contributed by atoms with E-state index in [2.05, 4.69) is 28.7 Å². The number of nitrogens with one attached hydrogen (secondary N) is 2. The molecule has 1 aliphatic carbocycles. The highest BCUT2D eigenvalue weighted by atomic mass is 32.2. The number of guanidine groups is 1. The van der Waals surface area contributed by atoms with Crippen LogP contribution in [-0.2, 0) is 4.74 Å². The van der Waals surface area contributed by atoms with Crippen molar-refractivity contribution in [2.75, 3.05) is 45.6 Å². The van der Waals surface area contributed by atoms with Gasteiger partial charge in [-0.1, -0.05) is 12.1 Å². The van der Waals surface area contributed by atoms with Crippen LogP contribution < -0.4 is 10.6 Å². The Kier molecular flexibility index (Phi) is 8.43. The Hall–Kier alpha value is -1.31. The molecular formula is C21H33FN4OS. The zero-order valence-electron chi connectivity index (χ0n) is 17.0. The van der Waals surface area contributed by atoms with Crippen molar-refractivity contribution in [3.63, 3.8) is 0 Å². The van der Waals surface area contributed by atoms with Crippen molar-refractivity contribution in [3.05, 3.63) is 35.6 Å². The van der Waals surface area contributed by atoms with Crippen molar-refractivity contribution in [2.24, 2.45) is 4.99 Å². The van der Waals surface area contributed by atoms with Crippen molar-refractivity contribution in [1.29, 1.82) is 0 Å². The lowest BCUT2D eigenvalue weighted by molar-refractivity contribution is 0.0179. The van der Waals surface area contributed by atoms with Crippen molar-refractivity contribution >= 4 is 17.7 Å². The maximum atomic E-state index is 13.4. The van der Waals surface area contributed by atoms with E-state index >= 15 is 0 Å². The fraction of sp³-hybridized carbons (Fsp3) is 0.667. The first-order valence-electron chi connectivity index (χ1n) is 10.3. The first kappa shape index (κ1) is 21.4. The van der Waals surface area contributed by atoms with Crippen LogP contribution in [0.4, 0.5) is 4.39 Å². The summed E-state index contributed by atoms with van der Waals surface area (Å²) in [5.41, 5.74) is 1.10. The van der Waals surface area contributed by atoms with Crippen molar-refractivity contribution < 1.29 is 9.13 Å². The highest BCUT2D eigenvalue weighted by Gasteiger charge is 2.25. The van der Waals surface area contributed by atoms with Gasteiger partial charge in [0.25, 0.3) is 0 Å². The van der Waals surface area contributed by atoms with Gasteiger partial charge in [0.15, 0.2) is 5.96 Å². The third-order valence-corrected chi connectivity index (χ3v) is 6.66. The zero-order valence-corrected chi connectivity index (χ0v) is 17.8. The second-order valence-corrected chi connectivity index (χ2v) is 8.59. The molecule has 3 rings (SSSR count). The number of nitrogens with zero attached hydrogens (tertiary/aromatic N) is 2. The van der Waals surface area contributed by atoms with E-state index in [4.69, 9.17) is 9.73 Å². The van der Waals surface area contributed by atoms with E-state index in [1.807, 2.05) is 23.9 Å². The number of halogens is 1. The summed E-state index contributed by atoms with van der Waals surface area (Å²) in [5, 5.41) is 7.76. The third kappa shape index (κ3) is 6.09. The molecule has 7 heteroatoms. The Morgan fingerprint density at radius 3 is 2.68 bits per heavy atom. The van der Waals surface area contributed by atoms with E-state index in [1.54, 1.807) is 0 Å². The van der Waals surface area contributed by atoms with Gasteiger partial charge in [0.2, 0.25) is 0 Å². The summed E-state index contributed by atoms with van der Waals surface area (Å²) in [5.74, 6) is 0.683. The summed E-state index contributed by atoms with van der Waals surface area (Å²) in [6.07, 6.45) is 5.85. The number of thioether (sulfide) groups is 1. The largest absolute Gasteiger partial charge is 0.379 e. The topological polar surface area (TPSA) is 48.9 Å². The first-order chi connectivity index (χ1) is 13.7. The third-order valence-electron chi connectivity index (χ3n) is 5.57. The minimum atomic E-state index is -0.201. The molecule has 3 atom stereocenters. The molecule has 0 radical (unpaired) electrons. The standard InChI is InChI=1S/C21H33FN4OS/c1-3-23-21(25-18-8-9-19(14-18)28-2)24-15-20(26-10-12-27-13-11-26)16-4-6-17(22)7-5-16/h4-7,18-20H,3,8-15H2,1-2H3,(H2,23,24,25). The van der Waals surface area contributed by atoms with Gasteiger partial charge in [0.05, 0.1) is 25.8 Å². The van der Waals surface area contributed by atoms with Gasteiger partial charge in [0.1, 0.15) is 5.82 Å². The van der Waals surface area contributed by atoms with Crippen LogP contribution in [0.3, 0.4) is 0 Å². The predicted molar refractivity (Wildman–Crippen MR) is 116 cm³/mol. The highest BCUT2D eigenvalue weighted by Crippen LogP contribution is 2.28. The summed E-state index contributed by atoms with van der Waals surface area (Å²) in [4.78, 5) is 7.31. The van der Waals surface area contributed by atoms with E-state index in [9.17, 15) is 4.39 Å². The monoisotopic (exact) mass is 408 g/mol. The Labute approximate surface area is 172 Å². The fourth-order valence-corrected chi connectivity index (χ4v) is 4.78. The molecule has 28 heavy (non-hydrogen) atoms. The number of rotatable bonds is 7. The van der Waals surface area contributed by atoms with Gasteiger partial charge in [-0.15, -0.1) is 0 Å². The summed E-state index contributed by atoms with van der Waals surface area (Å²) in [7, 11) is 0. The Morgan fingerprint density at radius 2 is 2.04 bits per heavy atom. The molecule has 1 aliphatic heterocycles. The SMILES string of the molecule is CCNC(=NCC(c1ccc(F)cc1)N1CCOCC1)NC1CCC(SC)C1. The van der Waals surface area contributed by atoms with Crippen LogP contribution in [0.5, 0.6) is 0 Å². The molecule has 0 bridgehead atoms. The minimum absolute atomic E-state index is 0.127. The van der Waals surface area contributed by atoms with Crippen LogP contribution in [0.15, 0.2) is 29.3 Å². The Bertz CT molecular complexity index is 621. The summed E-state index contributed by atoms with van der Waals surface area (Å²) >= 11 is 1.96. The van der Waals surface area contributed by atoms with Gasteiger partial charge in [-0.05, 0) is 50.1 Å². The summed E-state index contributed by atoms with van der Waals surface area (Å²) in [6.45, 7) is 6.79. The normalized spacial score (nSPS) is 24.9. The molecule has 3 unspecified atom stereocenters. The molecule has 0 spiro atoms. The molecule has 0 amide bonds. The molecule has 1 aromatic rings. The molecule has 156 valence electrons. The van der Waals surface area contributed by atoms with Gasteiger partial charge in [-0.3, -0.25) is 9.89 Å². The summed E-state index contributed by atoms with van der Waals surface area (Å²) < 4.78 is 18.9. The molecule has 2 N–H and O–H groups in total. The van der Waals surface area contributed by atoms with E-state index in [0.29, 0.717) is 12.6 Å². The lowest BCUT2D eigenvalue weighted by Gasteiger charge is -2.34. The smallest absolute Gasteiger partial charge is 0.191 e. The Balaban J connectivity index is 1.70. The molecule has 1 saturated heterocycles. The van der Waals surface area contributed by atoms with E-state index in [-0.39, 0.29) is 11.9 Å². The van der Waals surface area contributed by atoms with Crippen molar-refractivity contribution in [3.8, 4) is 0 Å². The number of aliphatic imine (C=N–C) groups is 1. The molecule has 1 aromatic carbocycles. The maximum absolute atomic E-state index is 13.4. The second kappa shape index (κ2) is 11.0. The zero-order chi connectivity index (χ0) is 19.8. The molecule has 5 nitrogen and oxygen atoms in total. The number of benzene rings is 1. The van der Waals surface area contributed by atoms with E-state index in [0.717, 1.165) is 49.6 Å². The molecule has 1 heterocycles. The lowest BCUT2D eigenvalue weighted by atomic mass is 10.0. The highest BCUT2D eigenvalue weighted by molar-refractivity contribution is 7.99. The van der Waals surface area contributed by atoms with Crippen LogP contribution in [0, 0.1) is 5.82 Å². The average Bonchev–Trinajstić information content (AvgIpc) is 3.18. The minimum Gasteiger partial charge on any atom is -0.379 e. The van der Waals surface area contributed by atoms with Crippen LogP contribution in [0.2, 0.25) is 0 Å². The van der Waals surface area contributed by atoms with E-state index in [1.165, 1.54) is 31.4 Å². The first-order valence-corrected chi connectivity index (χ1v) is 11.6. The number of morpholine rings is 1. The molecule has 0 aromatic heterocycles. The van der Waals surface area contributed by atoms with Gasteiger partial charge < -0.3 is 15.4 Å². The van der Waals surface area contributed by atoms with Gasteiger partial charge in [-0.25, -0.2) is 4.39 Å². The number of ether oxygens (including phenoxy) is 1. The van der Waals surface area contributed by atoms with Gasteiger partial charge in [0, 0.05) is 30.9 Å². The van der Waals surface area contributed by atoms with Crippen molar-refractivity contribution in [2.45, 2.75) is 43.5 Å². The quantitative estimate of drug-likeness (QED) is 0.536. The van der Waals surface area contributed by atoms with Crippen LogP contribution in [0.1, 0.15) is 37.8 Å². The molecular weight excluding hydrogens is 375 g/mol. The molecule has 1 saturated carbocycles. The van der Waals surface area contributed by atoms with Crippen LogP contribution >= 0.6 is 11.8 Å². The summed E-state index contributed by atoms with van der Waals surface area (Å²) in [6, 6.07) is 7.45. The van der Waals surface area contributed by atoms with Crippen LogP contribution in [0.25, 0.3) is 0 Å². The predicted octanol–water partition coefficient (Wildman–Crippen LogP) is 3.04. The fourth-order valence-electron chi connectivity index (χ4n) is 3.98. The second-order valence-electron chi connectivity index (χ2n) is 7.45. The average molecular weight is 409 g/mol. The lowest BCUT2D eigenvalue weighted by Crippen LogP contribution is -2.44.